The van der Waals surface area contributed by atoms with Crippen LogP contribution in [0.2, 0.25) is 0 Å². The van der Waals surface area contributed by atoms with Crippen molar-refractivity contribution in [1.29, 1.82) is 0 Å². The Bertz CT molecular complexity index is 478. The van der Waals surface area contributed by atoms with Crippen molar-refractivity contribution in [2.45, 2.75) is 19.0 Å². The number of rotatable bonds is 2. The van der Waals surface area contributed by atoms with Crippen LogP contribution < -0.4 is 0 Å². The summed E-state index contributed by atoms with van der Waals surface area (Å²) in [4.78, 5) is 0. The lowest BCUT2D eigenvalue weighted by atomic mass is 10.1. The SMILES string of the molecule is CSc1nnnn1-c1cc(C)ccc1C. The van der Waals surface area contributed by atoms with Crippen molar-refractivity contribution < 1.29 is 0 Å². The molecule has 15 heavy (non-hydrogen) atoms. The first kappa shape index (κ1) is 10.2. The average Bonchev–Trinajstić information content (AvgIpc) is 2.69. The lowest BCUT2D eigenvalue weighted by Crippen LogP contribution is -2.01. The highest BCUT2D eigenvalue weighted by molar-refractivity contribution is 7.98. The van der Waals surface area contributed by atoms with E-state index < -0.39 is 0 Å². The molecule has 0 fully saturated rings. The number of aryl methyl sites for hydroxylation is 2. The molecule has 0 aliphatic rings. The number of hydrogen-bond donors (Lipinski definition) is 0. The molecule has 0 saturated carbocycles. The molecule has 0 atom stereocenters. The molecule has 0 aliphatic carbocycles. The van der Waals surface area contributed by atoms with Crippen LogP contribution in [0.1, 0.15) is 11.1 Å². The van der Waals surface area contributed by atoms with Crippen molar-refractivity contribution in [2.75, 3.05) is 6.26 Å². The van der Waals surface area contributed by atoms with Crippen molar-refractivity contribution in [2.24, 2.45) is 0 Å². The van der Waals surface area contributed by atoms with Gasteiger partial charge in [0.05, 0.1) is 5.69 Å². The molecule has 1 heterocycles. The fraction of sp³-hybridized carbons (Fsp3) is 0.300. The Morgan fingerprint density at radius 1 is 1.27 bits per heavy atom. The quantitative estimate of drug-likeness (QED) is 0.726. The van der Waals surface area contributed by atoms with Crippen molar-refractivity contribution >= 4 is 11.8 Å². The highest BCUT2D eigenvalue weighted by Crippen LogP contribution is 2.19. The first-order valence-corrected chi connectivity index (χ1v) is 5.85. The lowest BCUT2D eigenvalue weighted by molar-refractivity contribution is 0.752. The minimum atomic E-state index is 0.809. The minimum Gasteiger partial charge on any atom is -0.187 e. The van der Waals surface area contributed by atoms with Crippen LogP contribution in [0.25, 0.3) is 5.69 Å². The van der Waals surface area contributed by atoms with E-state index in [1.165, 1.54) is 22.9 Å². The molecule has 4 nitrogen and oxygen atoms in total. The van der Waals surface area contributed by atoms with Gasteiger partial charge in [-0.1, -0.05) is 23.9 Å². The van der Waals surface area contributed by atoms with Crippen LogP contribution in [0.3, 0.4) is 0 Å². The van der Waals surface area contributed by atoms with Crippen molar-refractivity contribution in [3.63, 3.8) is 0 Å². The normalized spacial score (nSPS) is 10.6. The third-order valence-electron chi connectivity index (χ3n) is 2.22. The van der Waals surface area contributed by atoms with Gasteiger partial charge in [-0.3, -0.25) is 0 Å². The number of nitrogens with zero attached hydrogens (tertiary/aromatic N) is 4. The Morgan fingerprint density at radius 3 is 2.80 bits per heavy atom. The predicted octanol–water partition coefficient (Wildman–Crippen LogP) is 2.00. The van der Waals surface area contributed by atoms with E-state index in [0.717, 1.165) is 10.8 Å². The van der Waals surface area contributed by atoms with Gasteiger partial charge in [0, 0.05) is 0 Å². The molecular formula is C10H12N4S. The van der Waals surface area contributed by atoms with Crippen molar-refractivity contribution in [3.05, 3.63) is 29.3 Å². The van der Waals surface area contributed by atoms with Crippen LogP contribution >= 0.6 is 11.8 Å². The fourth-order valence-electron chi connectivity index (χ4n) is 1.41. The second kappa shape index (κ2) is 4.02. The lowest BCUT2D eigenvalue weighted by Gasteiger charge is -2.07. The molecule has 0 unspecified atom stereocenters. The summed E-state index contributed by atoms with van der Waals surface area (Å²) in [5.74, 6) is 0. The molecule has 2 rings (SSSR count). The summed E-state index contributed by atoms with van der Waals surface area (Å²) in [6, 6.07) is 6.25. The summed E-state index contributed by atoms with van der Waals surface area (Å²) >= 11 is 1.54. The van der Waals surface area contributed by atoms with E-state index in [-0.39, 0.29) is 0 Å². The molecule has 0 N–H and O–H groups in total. The number of benzene rings is 1. The van der Waals surface area contributed by atoms with E-state index in [2.05, 4.69) is 47.6 Å². The van der Waals surface area contributed by atoms with Crippen molar-refractivity contribution in [1.82, 2.24) is 20.2 Å². The third-order valence-corrected chi connectivity index (χ3v) is 2.84. The monoisotopic (exact) mass is 220 g/mol. The largest absolute Gasteiger partial charge is 0.213 e. The second-order valence-corrected chi connectivity index (χ2v) is 4.14. The Labute approximate surface area is 92.7 Å². The maximum absolute atomic E-state index is 3.99. The zero-order chi connectivity index (χ0) is 10.8. The van der Waals surface area contributed by atoms with Gasteiger partial charge in [-0.2, -0.15) is 4.68 Å². The topological polar surface area (TPSA) is 43.6 Å². The van der Waals surface area contributed by atoms with Crippen LogP contribution in [-0.2, 0) is 0 Å². The molecular weight excluding hydrogens is 208 g/mol. The molecule has 5 heteroatoms. The van der Waals surface area contributed by atoms with Crippen LogP contribution in [0.5, 0.6) is 0 Å². The van der Waals surface area contributed by atoms with Crippen LogP contribution in [0, 0.1) is 13.8 Å². The molecule has 0 saturated heterocycles. The molecule has 0 aliphatic heterocycles. The molecule has 0 spiro atoms. The number of thioether (sulfide) groups is 1. The average molecular weight is 220 g/mol. The predicted molar refractivity (Wildman–Crippen MR) is 60.4 cm³/mol. The summed E-state index contributed by atoms with van der Waals surface area (Å²) in [5, 5.41) is 12.4. The van der Waals surface area contributed by atoms with E-state index in [4.69, 9.17) is 0 Å². The van der Waals surface area contributed by atoms with Gasteiger partial charge in [0.15, 0.2) is 0 Å². The zero-order valence-electron chi connectivity index (χ0n) is 8.93. The molecule has 1 aromatic carbocycles. The summed E-state index contributed by atoms with van der Waals surface area (Å²) in [6.45, 7) is 4.12. The van der Waals surface area contributed by atoms with Crippen LogP contribution in [-0.4, -0.2) is 26.5 Å². The Kier molecular flexibility index (Phi) is 2.73. The standard InChI is InChI=1S/C10H12N4S/c1-7-4-5-8(2)9(6-7)14-10(15-3)11-12-13-14/h4-6H,1-3H3. The molecule has 0 amide bonds. The minimum absolute atomic E-state index is 0.809. The van der Waals surface area contributed by atoms with Gasteiger partial charge in [0.2, 0.25) is 5.16 Å². The third kappa shape index (κ3) is 1.87. The Hall–Kier alpha value is -1.36. The van der Waals surface area contributed by atoms with E-state index in [9.17, 15) is 0 Å². The van der Waals surface area contributed by atoms with E-state index in [1.807, 2.05) is 6.26 Å². The molecule has 0 radical (unpaired) electrons. The van der Waals surface area contributed by atoms with Gasteiger partial charge in [-0.05, 0) is 47.7 Å². The fourth-order valence-corrected chi connectivity index (χ4v) is 1.83. The second-order valence-electron chi connectivity index (χ2n) is 3.37. The van der Waals surface area contributed by atoms with Crippen LogP contribution in [0.4, 0.5) is 0 Å². The number of aromatic nitrogens is 4. The summed E-state index contributed by atoms with van der Waals surface area (Å²) in [7, 11) is 0. The molecule has 0 bridgehead atoms. The van der Waals surface area contributed by atoms with Gasteiger partial charge < -0.3 is 0 Å². The number of tetrazole rings is 1. The van der Waals surface area contributed by atoms with Gasteiger partial charge in [0.1, 0.15) is 0 Å². The smallest absolute Gasteiger partial charge is 0.187 e. The van der Waals surface area contributed by atoms with Gasteiger partial charge in [0.25, 0.3) is 0 Å². The van der Waals surface area contributed by atoms with E-state index in [1.54, 1.807) is 4.68 Å². The van der Waals surface area contributed by atoms with Gasteiger partial charge >= 0.3 is 0 Å². The van der Waals surface area contributed by atoms with Gasteiger partial charge in [-0.25, -0.2) is 0 Å². The van der Waals surface area contributed by atoms with E-state index in [0.29, 0.717) is 0 Å². The zero-order valence-corrected chi connectivity index (χ0v) is 9.75. The van der Waals surface area contributed by atoms with Gasteiger partial charge in [-0.15, -0.1) is 5.10 Å². The van der Waals surface area contributed by atoms with E-state index >= 15 is 0 Å². The van der Waals surface area contributed by atoms with Crippen LogP contribution in [0.15, 0.2) is 23.4 Å². The first-order valence-electron chi connectivity index (χ1n) is 4.62. The first-order chi connectivity index (χ1) is 7.22. The highest BCUT2D eigenvalue weighted by atomic mass is 32.2. The Balaban J connectivity index is 2.58. The summed E-state index contributed by atoms with van der Waals surface area (Å²) in [6.07, 6.45) is 1.97. The molecule has 2 aromatic rings. The maximum Gasteiger partial charge on any atom is 0.213 e. The highest BCUT2D eigenvalue weighted by Gasteiger charge is 2.08. The molecule has 1 aromatic heterocycles. The Morgan fingerprint density at radius 2 is 2.07 bits per heavy atom. The molecule has 78 valence electrons. The number of hydrogen-bond acceptors (Lipinski definition) is 4. The van der Waals surface area contributed by atoms with Crippen molar-refractivity contribution in [3.8, 4) is 5.69 Å². The summed E-state index contributed by atoms with van der Waals surface area (Å²) < 4.78 is 1.77. The summed E-state index contributed by atoms with van der Waals surface area (Å²) in [5.41, 5.74) is 3.42. The maximum atomic E-state index is 3.99.